The Balaban J connectivity index is 2.17. The standard InChI is InChI=1S/C13H15FN4O3S/c14-8-3-1-2-4-9(8)17-13-10(12(21)18-22-13)11(15)16-5-7(20)6-19/h1-4,7,17,19-20H,5-6H2,(H2,15,16)(H,18,21). The number of halogens is 1. The molecule has 2 aromatic rings. The molecule has 0 fully saturated rings. The Labute approximate surface area is 129 Å². The number of aromatic hydroxyl groups is 1. The number of benzene rings is 1. The van der Waals surface area contributed by atoms with Gasteiger partial charge in [0.15, 0.2) is 0 Å². The largest absolute Gasteiger partial charge is 0.492 e. The first-order valence-corrected chi connectivity index (χ1v) is 7.12. The molecule has 0 amide bonds. The molecule has 1 aromatic heterocycles. The molecule has 0 radical (unpaired) electrons. The van der Waals surface area contributed by atoms with E-state index in [0.717, 1.165) is 11.5 Å². The molecule has 9 heteroatoms. The van der Waals surface area contributed by atoms with Gasteiger partial charge in [-0.15, -0.1) is 0 Å². The lowest BCUT2D eigenvalue weighted by atomic mass is 10.2. The molecular weight excluding hydrogens is 311 g/mol. The van der Waals surface area contributed by atoms with Gasteiger partial charge in [-0.05, 0) is 23.7 Å². The topological polar surface area (TPSA) is 121 Å². The van der Waals surface area contributed by atoms with Crippen molar-refractivity contribution in [2.75, 3.05) is 18.5 Å². The summed E-state index contributed by atoms with van der Waals surface area (Å²) < 4.78 is 17.4. The van der Waals surface area contributed by atoms with Gasteiger partial charge in [-0.1, -0.05) is 12.1 Å². The quantitative estimate of drug-likeness (QED) is 0.348. The van der Waals surface area contributed by atoms with E-state index >= 15 is 0 Å². The summed E-state index contributed by atoms with van der Waals surface area (Å²) in [4.78, 5) is 0. The van der Waals surface area contributed by atoms with Crippen molar-refractivity contribution >= 4 is 28.1 Å². The predicted octanol–water partition coefficient (Wildman–Crippen LogP) is 1.000. The van der Waals surface area contributed by atoms with Gasteiger partial charge in [-0.3, -0.25) is 5.41 Å². The van der Waals surface area contributed by atoms with Crippen molar-refractivity contribution in [1.29, 1.82) is 5.41 Å². The van der Waals surface area contributed by atoms with E-state index in [1.54, 1.807) is 12.1 Å². The van der Waals surface area contributed by atoms with E-state index < -0.39 is 18.5 Å². The fraction of sp³-hybridized carbons (Fsp3) is 0.231. The summed E-state index contributed by atoms with van der Waals surface area (Å²) in [5, 5.41) is 41.3. The molecule has 0 aliphatic rings. The van der Waals surface area contributed by atoms with Crippen LogP contribution in [0.1, 0.15) is 5.56 Å². The second-order valence-corrected chi connectivity index (χ2v) is 5.18. The minimum absolute atomic E-state index is 0.0657. The van der Waals surface area contributed by atoms with Crippen LogP contribution in [0.3, 0.4) is 0 Å². The second kappa shape index (κ2) is 7.16. The summed E-state index contributed by atoms with van der Waals surface area (Å²) in [6.45, 7) is -0.516. The molecule has 1 heterocycles. The number of hydrogen-bond donors (Lipinski definition) is 6. The van der Waals surface area contributed by atoms with Crippen molar-refractivity contribution in [3.8, 4) is 5.88 Å². The zero-order valence-electron chi connectivity index (χ0n) is 11.4. The maximum Gasteiger partial charge on any atom is 0.236 e. The average molecular weight is 326 g/mol. The van der Waals surface area contributed by atoms with Crippen LogP contribution in [-0.2, 0) is 0 Å². The number of rotatable bonds is 6. The molecule has 1 unspecified atom stereocenters. The van der Waals surface area contributed by atoms with Crippen molar-refractivity contribution in [3.05, 3.63) is 35.6 Å². The van der Waals surface area contributed by atoms with E-state index in [1.165, 1.54) is 12.1 Å². The highest BCUT2D eigenvalue weighted by atomic mass is 32.1. The second-order valence-electron chi connectivity index (χ2n) is 4.41. The Morgan fingerprint density at radius 1 is 1.41 bits per heavy atom. The lowest BCUT2D eigenvalue weighted by molar-refractivity contribution is 0.0982. The highest BCUT2D eigenvalue weighted by Gasteiger charge is 2.19. The highest BCUT2D eigenvalue weighted by Crippen LogP contribution is 2.32. The first kappa shape index (κ1) is 16.1. The van der Waals surface area contributed by atoms with Crippen LogP contribution >= 0.6 is 11.5 Å². The van der Waals surface area contributed by atoms with Crippen LogP contribution in [-0.4, -0.2) is 44.8 Å². The number of hydrogen-bond acceptors (Lipinski definition) is 7. The molecular formula is C13H15FN4O3S. The minimum Gasteiger partial charge on any atom is -0.492 e. The van der Waals surface area contributed by atoms with E-state index in [0.29, 0.717) is 5.00 Å². The normalized spacial score (nSPS) is 12.0. The fourth-order valence-corrected chi connectivity index (χ4v) is 2.36. The van der Waals surface area contributed by atoms with Gasteiger partial charge in [-0.2, -0.15) is 4.37 Å². The Hall–Kier alpha value is -2.23. The van der Waals surface area contributed by atoms with E-state index in [-0.39, 0.29) is 29.5 Å². The van der Waals surface area contributed by atoms with E-state index in [4.69, 9.17) is 10.5 Å². The lowest BCUT2D eigenvalue weighted by Gasteiger charge is -2.12. The summed E-state index contributed by atoms with van der Waals surface area (Å²) in [5.41, 5.74) is 0.258. The van der Waals surface area contributed by atoms with Crippen LogP contribution in [0.15, 0.2) is 24.3 Å². The van der Waals surface area contributed by atoms with Gasteiger partial charge in [0.25, 0.3) is 0 Å². The van der Waals surface area contributed by atoms with Crippen LogP contribution in [0.2, 0.25) is 0 Å². The van der Waals surface area contributed by atoms with Crippen molar-refractivity contribution in [3.63, 3.8) is 0 Å². The Kier molecular flexibility index (Phi) is 5.26. The number of para-hydroxylation sites is 1. The summed E-state index contributed by atoms with van der Waals surface area (Å²) in [6, 6.07) is 5.99. The third kappa shape index (κ3) is 3.70. The monoisotopic (exact) mass is 326 g/mol. The Morgan fingerprint density at radius 2 is 2.14 bits per heavy atom. The highest BCUT2D eigenvalue weighted by molar-refractivity contribution is 7.11. The summed E-state index contributed by atoms with van der Waals surface area (Å²) in [6.07, 6.45) is -1.03. The van der Waals surface area contributed by atoms with Crippen molar-refractivity contribution in [1.82, 2.24) is 9.69 Å². The molecule has 0 bridgehead atoms. The molecule has 0 saturated heterocycles. The summed E-state index contributed by atoms with van der Waals surface area (Å²) >= 11 is 0.878. The maximum atomic E-state index is 13.6. The third-order valence-corrected chi connectivity index (χ3v) is 3.52. The average Bonchev–Trinajstić information content (AvgIpc) is 2.87. The summed E-state index contributed by atoms with van der Waals surface area (Å²) in [7, 11) is 0. The fourth-order valence-electron chi connectivity index (χ4n) is 1.65. The van der Waals surface area contributed by atoms with E-state index in [2.05, 4.69) is 15.0 Å². The number of nitrogens with zero attached hydrogens (tertiary/aromatic N) is 1. The van der Waals surface area contributed by atoms with Crippen molar-refractivity contribution in [2.45, 2.75) is 6.10 Å². The number of aliphatic hydroxyl groups excluding tert-OH is 2. The van der Waals surface area contributed by atoms with Gasteiger partial charge >= 0.3 is 0 Å². The first-order valence-electron chi connectivity index (χ1n) is 6.34. The Morgan fingerprint density at radius 3 is 2.82 bits per heavy atom. The predicted molar refractivity (Wildman–Crippen MR) is 81.4 cm³/mol. The van der Waals surface area contributed by atoms with Crippen LogP contribution in [0, 0.1) is 11.2 Å². The number of aliphatic hydroxyl groups is 2. The molecule has 0 saturated carbocycles. The molecule has 7 nitrogen and oxygen atoms in total. The zero-order valence-corrected chi connectivity index (χ0v) is 12.2. The first-order chi connectivity index (χ1) is 10.5. The van der Waals surface area contributed by atoms with Crippen LogP contribution < -0.4 is 10.6 Å². The summed E-state index contributed by atoms with van der Waals surface area (Å²) in [5.74, 6) is -1.05. The molecule has 22 heavy (non-hydrogen) atoms. The number of amidine groups is 1. The van der Waals surface area contributed by atoms with Crippen LogP contribution in [0.4, 0.5) is 15.1 Å². The number of nitrogens with one attached hydrogen (secondary N) is 3. The van der Waals surface area contributed by atoms with Crippen LogP contribution in [0.5, 0.6) is 5.88 Å². The minimum atomic E-state index is -1.03. The number of anilines is 2. The van der Waals surface area contributed by atoms with Gasteiger partial charge in [-0.25, -0.2) is 4.39 Å². The van der Waals surface area contributed by atoms with Gasteiger partial charge in [0.1, 0.15) is 22.2 Å². The molecule has 0 aliphatic carbocycles. The molecule has 1 atom stereocenters. The van der Waals surface area contributed by atoms with Gasteiger partial charge in [0.05, 0.1) is 18.4 Å². The molecule has 118 valence electrons. The third-order valence-electron chi connectivity index (χ3n) is 2.77. The van der Waals surface area contributed by atoms with E-state index in [1.807, 2.05) is 0 Å². The van der Waals surface area contributed by atoms with Crippen LogP contribution in [0.25, 0.3) is 0 Å². The molecule has 2 rings (SSSR count). The molecule has 0 spiro atoms. The number of aromatic nitrogens is 1. The van der Waals surface area contributed by atoms with Crippen molar-refractivity contribution < 1.29 is 19.7 Å². The smallest absolute Gasteiger partial charge is 0.236 e. The molecule has 6 N–H and O–H groups in total. The van der Waals surface area contributed by atoms with Gasteiger partial charge in [0.2, 0.25) is 5.88 Å². The zero-order chi connectivity index (χ0) is 16.1. The molecule has 0 aliphatic heterocycles. The lowest BCUT2D eigenvalue weighted by Crippen LogP contribution is -2.34. The van der Waals surface area contributed by atoms with Gasteiger partial charge < -0.3 is 26.0 Å². The Bertz CT molecular complexity index is 664. The van der Waals surface area contributed by atoms with E-state index in [9.17, 15) is 14.6 Å². The van der Waals surface area contributed by atoms with Crippen molar-refractivity contribution in [2.24, 2.45) is 0 Å². The maximum absolute atomic E-state index is 13.6. The van der Waals surface area contributed by atoms with Gasteiger partial charge in [0, 0.05) is 6.54 Å². The SMILES string of the molecule is N=C(NCC(O)CO)c1c(O)nsc1Nc1ccccc1F. The molecule has 1 aromatic carbocycles.